The summed E-state index contributed by atoms with van der Waals surface area (Å²) in [5.41, 5.74) is -0.691. The Morgan fingerprint density at radius 3 is 2.30 bits per heavy atom. The van der Waals surface area contributed by atoms with E-state index in [4.69, 9.17) is 16.7 Å². The van der Waals surface area contributed by atoms with Gasteiger partial charge in [0.2, 0.25) is 0 Å². The van der Waals surface area contributed by atoms with Gasteiger partial charge in [-0.2, -0.15) is 0 Å². The van der Waals surface area contributed by atoms with Crippen LogP contribution in [-0.2, 0) is 0 Å². The Balaban J connectivity index is 2.84. The molecule has 0 amide bonds. The number of rotatable bonds is 2. The standard InChI is InChI=1S/C10H5ClF5NO2S/c11-9-6-3-5(20(12,13,14,15)16)1-2-8(6)17-4-7(9)10(18)19/h1-4H,(H,18,19). The third-order valence-corrected chi connectivity index (χ3v) is 4.00. The number of carboxylic acid groups (broad SMARTS) is 1. The second kappa shape index (κ2) is 3.53. The zero-order chi connectivity index (χ0) is 15.4. The number of carboxylic acids is 1. The summed E-state index contributed by atoms with van der Waals surface area (Å²) in [6, 6.07) is 1.01. The number of aromatic nitrogens is 1. The van der Waals surface area contributed by atoms with Gasteiger partial charge in [-0.05, 0) is 18.2 Å². The molecule has 0 fully saturated rings. The second-order valence-electron chi connectivity index (χ2n) is 3.94. The van der Waals surface area contributed by atoms with Crippen molar-refractivity contribution in [2.24, 2.45) is 0 Å². The summed E-state index contributed by atoms with van der Waals surface area (Å²) in [6.45, 7) is 0. The molecule has 110 valence electrons. The minimum absolute atomic E-state index is 0.110. The van der Waals surface area contributed by atoms with Gasteiger partial charge in [-0.15, -0.1) is 0 Å². The third kappa shape index (κ3) is 2.63. The molecular formula is C10H5ClF5NO2S. The molecule has 2 aromatic rings. The number of hydrogen-bond donors (Lipinski definition) is 1. The topological polar surface area (TPSA) is 50.2 Å². The van der Waals surface area contributed by atoms with Crippen LogP contribution in [0.15, 0.2) is 29.3 Å². The highest BCUT2D eigenvalue weighted by molar-refractivity contribution is 8.45. The number of aromatic carboxylic acids is 1. The van der Waals surface area contributed by atoms with E-state index >= 15 is 0 Å². The van der Waals surface area contributed by atoms with Gasteiger partial charge in [0.25, 0.3) is 0 Å². The van der Waals surface area contributed by atoms with E-state index in [0.29, 0.717) is 6.07 Å². The Labute approximate surface area is 113 Å². The van der Waals surface area contributed by atoms with E-state index in [9.17, 15) is 24.2 Å². The van der Waals surface area contributed by atoms with Crippen molar-refractivity contribution < 1.29 is 29.3 Å². The van der Waals surface area contributed by atoms with Crippen LogP contribution in [0, 0.1) is 0 Å². The van der Waals surface area contributed by atoms with Gasteiger partial charge in [0, 0.05) is 11.6 Å². The summed E-state index contributed by atoms with van der Waals surface area (Å²) >= 11 is 5.63. The van der Waals surface area contributed by atoms with Crippen LogP contribution in [0.3, 0.4) is 0 Å². The number of pyridine rings is 1. The van der Waals surface area contributed by atoms with Crippen LogP contribution in [-0.4, -0.2) is 16.1 Å². The molecule has 10 heteroatoms. The molecule has 0 bridgehead atoms. The minimum atomic E-state index is -9.86. The van der Waals surface area contributed by atoms with Crippen molar-refractivity contribution >= 4 is 38.7 Å². The average molecular weight is 334 g/mol. The lowest BCUT2D eigenvalue weighted by atomic mass is 10.1. The number of halogens is 6. The van der Waals surface area contributed by atoms with E-state index in [1.807, 2.05) is 0 Å². The number of nitrogens with zero attached hydrogens (tertiary/aromatic N) is 1. The van der Waals surface area contributed by atoms with E-state index in [1.165, 1.54) is 0 Å². The molecule has 0 aliphatic carbocycles. The van der Waals surface area contributed by atoms with Crippen LogP contribution in [0.5, 0.6) is 0 Å². The third-order valence-electron chi connectivity index (χ3n) is 2.45. The molecule has 0 unspecified atom stereocenters. The Morgan fingerprint density at radius 2 is 1.80 bits per heavy atom. The SMILES string of the molecule is O=C(O)c1cnc2ccc(S(F)(F)(F)(F)F)cc2c1Cl. The van der Waals surface area contributed by atoms with Crippen molar-refractivity contribution in [3.8, 4) is 0 Å². The lowest BCUT2D eigenvalue weighted by molar-refractivity contribution is 0.0696. The minimum Gasteiger partial charge on any atom is -0.478 e. The molecule has 0 aliphatic rings. The zero-order valence-electron chi connectivity index (χ0n) is 9.29. The first-order valence-corrected chi connectivity index (χ1v) is 7.18. The van der Waals surface area contributed by atoms with Crippen LogP contribution in [0.1, 0.15) is 10.4 Å². The molecule has 0 aliphatic heterocycles. The summed E-state index contributed by atoms with van der Waals surface area (Å²) < 4.78 is 63.4. The van der Waals surface area contributed by atoms with Gasteiger partial charge < -0.3 is 5.11 Å². The van der Waals surface area contributed by atoms with Crippen molar-refractivity contribution in [2.75, 3.05) is 0 Å². The van der Waals surface area contributed by atoms with Crippen molar-refractivity contribution in [1.82, 2.24) is 4.98 Å². The summed E-state index contributed by atoms with van der Waals surface area (Å²) in [6.07, 6.45) is 0.840. The van der Waals surface area contributed by atoms with E-state index in [-0.39, 0.29) is 17.6 Å². The van der Waals surface area contributed by atoms with Crippen molar-refractivity contribution in [3.63, 3.8) is 0 Å². The van der Waals surface area contributed by atoms with Crippen molar-refractivity contribution in [2.45, 2.75) is 4.90 Å². The quantitative estimate of drug-likeness (QED) is 0.764. The molecule has 0 saturated carbocycles. The summed E-state index contributed by atoms with van der Waals surface area (Å²) in [4.78, 5) is 12.2. The smallest absolute Gasteiger partial charge is 0.338 e. The van der Waals surface area contributed by atoms with Gasteiger partial charge in [-0.1, -0.05) is 31.0 Å². The van der Waals surface area contributed by atoms with Gasteiger partial charge >= 0.3 is 16.2 Å². The van der Waals surface area contributed by atoms with Crippen LogP contribution in [0.25, 0.3) is 10.9 Å². The summed E-state index contributed by atoms with van der Waals surface area (Å²) in [7, 11) is -9.86. The fourth-order valence-corrected chi connectivity index (χ4v) is 2.48. The fraction of sp³-hybridized carbons (Fsp3) is 0. The summed E-state index contributed by atoms with van der Waals surface area (Å²) in [5.74, 6) is -1.53. The first kappa shape index (κ1) is 14.8. The van der Waals surface area contributed by atoms with Gasteiger partial charge in [0.15, 0.2) is 0 Å². The normalized spacial score (nSPS) is 15.7. The van der Waals surface area contributed by atoms with Crippen LogP contribution >= 0.6 is 21.8 Å². The van der Waals surface area contributed by atoms with Gasteiger partial charge in [-0.25, -0.2) is 4.79 Å². The van der Waals surface area contributed by atoms with E-state index in [0.717, 1.165) is 6.20 Å². The number of benzene rings is 1. The van der Waals surface area contributed by atoms with E-state index in [1.54, 1.807) is 0 Å². The molecular weight excluding hydrogens is 329 g/mol. The number of fused-ring (bicyclic) bond motifs is 1. The Kier molecular flexibility index (Phi) is 2.61. The van der Waals surface area contributed by atoms with Gasteiger partial charge in [0.05, 0.1) is 16.1 Å². The van der Waals surface area contributed by atoms with Crippen LogP contribution < -0.4 is 0 Å². The molecule has 1 N–H and O–H groups in total. The molecule has 2 rings (SSSR count). The lowest BCUT2D eigenvalue weighted by Gasteiger charge is -2.40. The highest BCUT2D eigenvalue weighted by Gasteiger charge is 2.65. The van der Waals surface area contributed by atoms with E-state index in [2.05, 4.69) is 4.98 Å². The maximum absolute atomic E-state index is 12.7. The van der Waals surface area contributed by atoms with Gasteiger partial charge in [0.1, 0.15) is 4.90 Å². The average Bonchev–Trinajstić information content (AvgIpc) is 2.25. The molecule has 1 heterocycles. The van der Waals surface area contributed by atoms with Crippen molar-refractivity contribution in [3.05, 3.63) is 35.0 Å². The largest absolute Gasteiger partial charge is 0.478 e. The monoisotopic (exact) mass is 333 g/mol. The maximum atomic E-state index is 12.7. The molecule has 0 atom stereocenters. The summed E-state index contributed by atoms with van der Waals surface area (Å²) in [5, 5.41) is 7.69. The molecule has 1 aromatic heterocycles. The highest BCUT2D eigenvalue weighted by Crippen LogP contribution is 3.02. The van der Waals surface area contributed by atoms with Crippen LogP contribution in [0.2, 0.25) is 5.02 Å². The second-order valence-corrected chi connectivity index (χ2v) is 6.73. The predicted molar refractivity (Wildman–Crippen MR) is 65.1 cm³/mol. The first-order chi connectivity index (χ1) is 8.79. The van der Waals surface area contributed by atoms with Crippen molar-refractivity contribution in [1.29, 1.82) is 0 Å². The Morgan fingerprint density at radius 1 is 1.20 bits per heavy atom. The molecule has 3 nitrogen and oxygen atoms in total. The highest BCUT2D eigenvalue weighted by atomic mass is 35.5. The molecule has 0 saturated heterocycles. The first-order valence-electron chi connectivity index (χ1n) is 4.85. The molecule has 20 heavy (non-hydrogen) atoms. The molecule has 1 aromatic carbocycles. The van der Waals surface area contributed by atoms with Crippen LogP contribution in [0.4, 0.5) is 19.4 Å². The number of hydrogen-bond acceptors (Lipinski definition) is 2. The maximum Gasteiger partial charge on any atom is 0.338 e. The Bertz CT molecular complexity index is 747. The lowest BCUT2D eigenvalue weighted by Crippen LogP contribution is -2.06. The van der Waals surface area contributed by atoms with E-state index < -0.39 is 37.1 Å². The molecule has 0 radical (unpaired) electrons. The number of carbonyl (C=O) groups is 1. The Hall–Kier alpha value is -1.61. The van der Waals surface area contributed by atoms with Gasteiger partial charge in [-0.3, -0.25) is 4.98 Å². The fourth-order valence-electron chi connectivity index (χ4n) is 1.53. The zero-order valence-corrected chi connectivity index (χ0v) is 10.9. The predicted octanol–water partition coefficient (Wildman–Crippen LogP) is 5.24. The molecule has 0 spiro atoms.